The number of hydrogen-bond acceptors (Lipinski definition) is 10. The molecule has 1 aromatic heterocycles. The summed E-state index contributed by atoms with van der Waals surface area (Å²) in [6.07, 6.45) is 2.06. The monoisotopic (exact) mass is 780 g/mol. The zero-order chi connectivity index (χ0) is 40.9. The highest BCUT2D eigenvalue weighted by atomic mass is 16.2. The zero-order valence-corrected chi connectivity index (χ0v) is 31.8. The number of piperidine rings is 1. The number of rotatable bonds is 13. The van der Waals surface area contributed by atoms with E-state index in [9.17, 15) is 33.6 Å². The Balaban J connectivity index is 0.918. The van der Waals surface area contributed by atoms with Crippen LogP contribution in [0.25, 0.3) is 22.0 Å². The van der Waals surface area contributed by atoms with Gasteiger partial charge in [0.2, 0.25) is 17.7 Å². The first-order valence-electron chi connectivity index (χ1n) is 18.7. The summed E-state index contributed by atoms with van der Waals surface area (Å²) in [5.41, 5.74) is 5.35. The Morgan fingerprint density at radius 2 is 1.59 bits per heavy atom. The third kappa shape index (κ3) is 7.95. The molecule has 0 bridgehead atoms. The van der Waals surface area contributed by atoms with E-state index in [4.69, 9.17) is 0 Å². The van der Waals surface area contributed by atoms with E-state index in [1.54, 1.807) is 49.5 Å². The van der Waals surface area contributed by atoms with Crippen LogP contribution in [0.1, 0.15) is 60.7 Å². The fraction of sp³-hybridized carbons (Fsp3) is 0.209. The lowest BCUT2D eigenvalue weighted by Crippen LogP contribution is -2.54. The molecular weight excluding hydrogens is 741 g/mol. The lowest BCUT2D eigenvalue weighted by Gasteiger charge is -2.28. The van der Waals surface area contributed by atoms with Gasteiger partial charge in [-0.05, 0) is 72.5 Å². The highest BCUT2D eigenvalue weighted by Crippen LogP contribution is 2.35. The van der Waals surface area contributed by atoms with Gasteiger partial charge in [0.15, 0.2) is 0 Å². The molecule has 15 heteroatoms. The highest BCUT2D eigenvalue weighted by Gasteiger charge is 2.46. The Labute approximate surface area is 333 Å². The van der Waals surface area contributed by atoms with Gasteiger partial charge in [0.25, 0.3) is 23.6 Å². The summed E-state index contributed by atoms with van der Waals surface area (Å²) in [6, 6.07) is 26.2. The molecule has 7 rings (SSSR count). The number of carbonyl (C=O) groups excluding carboxylic acids is 7. The van der Waals surface area contributed by atoms with E-state index < -0.39 is 29.7 Å². The molecule has 3 heterocycles. The van der Waals surface area contributed by atoms with E-state index in [0.29, 0.717) is 41.0 Å². The first kappa shape index (κ1) is 38.8. The van der Waals surface area contributed by atoms with Crippen molar-refractivity contribution in [2.45, 2.75) is 25.3 Å². The number of imide groups is 2. The number of hydrogen-bond donors (Lipinski definition) is 5. The average molecular weight is 781 g/mol. The maximum atomic E-state index is 13.4. The van der Waals surface area contributed by atoms with Crippen molar-refractivity contribution in [3.8, 4) is 11.1 Å². The van der Waals surface area contributed by atoms with Gasteiger partial charge in [-0.1, -0.05) is 42.5 Å². The van der Waals surface area contributed by atoms with Gasteiger partial charge in [-0.2, -0.15) is 0 Å². The number of anilines is 3. The molecule has 1 fully saturated rings. The van der Waals surface area contributed by atoms with Gasteiger partial charge in [0, 0.05) is 56.4 Å². The second-order valence-electron chi connectivity index (χ2n) is 13.9. The Hall–Kier alpha value is -7.42. The molecule has 15 nitrogen and oxygen atoms in total. The molecule has 0 aliphatic carbocycles. The molecule has 0 saturated carbocycles. The standard InChI is InChI=1S/C43H40N8O7/c1-44-40(55)31-23-47-32-17-16-27(22-30(32)38(31)48-28-8-4-3-5-9-28)25-12-14-26(15-13-25)39(54)46-21-7-20-45-36(53)24-50(2)33-11-6-10-29-37(33)43(58)51(42(29)57)34-18-19-35(52)49-41(34)56/h3-6,8-17,22-23,34H,7,18-21,24H2,1-2H3,(H,44,55)(H,45,53)(H,46,54)(H,47,48)(H,49,52,56). The van der Waals surface area contributed by atoms with E-state index >= 15 is 0 Å². The SMILES string of the molecule is CNC(=O)c1cnc2ccc(-c3ccc(C(=O)NCCCNC(=O)CN(C)c4cccc5c4C(=O)N(C4CCC(=O)NC4=O)C5=O)cc3)cc2c1Nc1ccccc1. The number of pyridine rings is 1. The van der Waals surface area contributed by atoms with E-state index in [1.807, 2.05) is 60.7 Å². The van der Waals surface area contributed by atoms with Crippen molar-refractivity contribution in [3.63, 3.8) is 0 Å². The zero-order valence-electron chi connectivity index (χ0n) is 31.8. The predicted octanol–water partition coefficient (Wildman–Crippen LogP) is 3.78. The normalized spacial score (nSPS) is 14.8. The van der Waals surface area contributed by atoms with Gasteiger partial charge in [0.1, 0.15) is 6.04 Å². The number of para-hydroxylation sites is 1. The van der Waals surface area contributed by atoms with E-state index in [-0.39, 0.29) is 54.8 Å². The third-order valence-corrected chi connectivity index (χ3v) is 10.1. The van der Waals surface area contributed by atoms with Gasteiger partial charge < -0.3 is 26.2 Å². The molecule has 1 saturated heterocycles. The van der Waals surface area contributed by atoms with Crippen LogP contribution in [0.15, 0.2) is 97.2 Å². The van der Waals surface area contributed by atoms with Crippen LogP contribution in [-0.4, -0.2) is 91.0 Å². The Kier molecular flexibility index (Phi) is 11.2. The number of amides is 7. The number of aromatic nitrogens is 1. The Morgan fingerprint density at radius 1 is 0.845 bits per heavy atom. The number of carbonyl (C=O) groups is 7. The number of fused-ring (bicyclic) bond motifs is 2. The van der Waals surface area contributed by atoms with Gasteiger partial charge in [0.05, 0.1) is 40.1 Å². The minimum atomic E-state index is -1.09. The van der Waals surface area contributed by atoms with Gasteiger partial charge in [-0.15, -0.1) is 0 Å². The van der Waals surface area contributed by atoms with Crippen LogP contribution in [0.4, 0.5) is 17.1 Å². The summed E-state index contributed by atoms with van der Waals surface area (Å²) in [5.74, 6) is -3.31. The van der Waals surface area contributed by atoms with Crippen LogP contribution in [0, 0.1) is 0 Å². The molecule has 1 atom stereocenters. The quantitative estimate of drug-likeness (QED) is 0.0866. The molecular formula is C43H40N8O7. The van der Waals surface area contributed by atoms with Gasteiger partial charge in [-0.25, -0.2) is 0 Å². The second kappa shape index (κ2) is 16.8. The molecule has 5 N–H and O–H groups in total. The molecule has 1 unspecified atom stereocenters. The first-order chi connectivity index (χ1) is 28.0. The summed E-state index contributed by atoms with van der Waals surface area (Å²) in [6.45, 7) is 0.458. The largest absolute Gasteiger partial charge is 0.365 e. The molecule has 4 aromatic carbocycles. The predicted molar refractivity (Wildman–Crippen MR) is 217 cm³/mol. The topological polar surface area (TPSA) is 199 Å². The van der Waals surface area contributed by atoms with Crippen molar-refractivity contribution in [1.82, 2.24) is 31.2 Å². The summed E-state index contributed by atoms with van der Waals surface area (Å²) in [5, 5.41) is 14.7. The molecule has 2 aliphatic rings. The summed E-state index contributed by atoms with van der Waals surface area (Å²) < 4.78 is 0. The van der Waals surface area contributed by atoms with Gasteiger partial charge in [-0.3, -0.25) is 48.8 Å². The molecule has 58 heavy (non-hydrogen) atoms. The van der Waals surface area contributed by atoms with Crippen molar-refractivity contribution >= 4 is 69.3 Å². The number of nitrogens with one attached hydrogen (secondary N) is 5. The second-order valence-corrected chi connectivity index (χ2v) is 13.9. The Morgan fingerprint density at radius 3 is 2.33 bits per heavy atom. The van der Waals surface area contributed by atoms with E-state index in [2.05, 4.69) is 31.6 Å². The molecule has 0 radical (unpaired) electrons. The van der Waals surface area contributed by atoms with Crippen LogP contribution >= 0.6 is 0 Å². The minimum absolute atomic E-state index is 0.0127. The number of likely N-dealkylation sites (N-methyl/N-ethyl adjacent to an activating group) is 1. The van der Waals surface area contributed by atoms with E-state index in [0.717, 1.165) is 27.1 Å². The Bertz CT molecular complexity index is 2470. The summed E-state index contributed by atoms with van der Waals surface area (Å²) in [4.78, 5) is 96.2. The number of benzene rings is 4. The summed E-state index contributed by atoms with van der Waals surface area (Å²) >= 11 is 0. The van der Waals surface area contributed by atoms with Crippen LogP contribution < -0.4 is 31.5 Å². The highest BCUT2D eigenvalue weighted by molar-refractivity contribution is 6.25. The van der Waals surface area contributed by atoms with Crippen molar-refractivity contribution < 1.29 is 33.6 Å². The third-order valence-electron chi connectivity index (χ3n) is 10.1. The number of nitrogens with zero attached hydrogens (tertiary/aromatic N) is 3. The first-order valence-corrected chi connectivity index (χ1v) is 18.7. The van der Waals surface area contributed by atoms with Crippen LogP contribution in [0.2, 0.25) is 0 Å². The molecule has 5 aromatic rings. The molecule has 294 valence electrons. The lowest BCUT2D eigenvalue weighted by molar-refractivity contribution is -0.136. The average Bonchev–Trinajstić information content (AvgIpc) is 3.49. The lowest BCUT2D eigenvalue weighted by atomic mass is 9.99. The van der Waals surface area contributed by atoms with E-state index in [1.165, 1.54) is 6.07 Å². The van der Waals surface area contributed by atoms with Crippen LogP contribution in [-0.2, 0) is 14.4 Å². The fourth-order valence-electron chi connectivity index (χ4n) is 7.09. The van der Waals surface area contributed by atoms with Gasteiger partial charge >= 0.3 is 0 Å². The summed E-state index contributed by atoms with van der Waals surface area (Å²) in [7, 11) is 3.19. The van der Waals surface area contributed by atoms with Crippen LogP contribution in [0.5, 0.6) is 0 Å². The molecule has 7 amide bonds. The maximum absolute atomic E-state index is 13.4. The molecule has 2 aliphatic heterocycles. The minimum Gasteiger partial charge on any atom is -0.365 e. The smallest absolute Gasteiger partial charge is 0.264 e. The van der Waals surface area contributed by atoms with Crippen LogP contribution in [0.3, 0.4) is 0 Å². The van der Waals surface area contributed by atoms with Crippen molar-refractivity contribution in [1.29, 1.82) is 0 Å². The molecule has 0 spiro atoms. The van der Waals surface area contributed by atoms with Crippen molar-refractivity contribution in [2.75, 3.05) is 43.9 Å². The van der Waals surface area contributed by atoms with Crippen molar-refractivity contribution in [3.05, 3.63) is 119 Å². The fourth-order valence-corrected chi connectivity index (χ4v) is 7.09. The van der Waals surface area contributed by atoms with Crippen molar-refractivity contribution in [2.24, 2.45) is 0 Å². The maximum Gasteiger partial charge on any atom is 0.264 e.